The number of guanidine groups is 1. The Morgan fingerprint density at radius 2 is 1.81 bits per heavy atom. The molecule has 5 heteroatoms. The second-order valence-electron chi connectivity index (χ2n) is 6.86. The third-order valence-corrected chi connectivity index (χ3v) is 4.62. The second kappa shape index (κ2) is 12.7. The Hall–Kier alpha value is -1.59. The molecule has 146 valence electrons. The van der Waals surface area contributed by atoms with Gasteiger partial charge in [0.15, 0.2) is 5.96 Å². The molecule has 0 radical (unpaired) electrons. The summed E-state index contributed by atoms with van der Waals surface area (Å²) in [6.45, 7) is 5.97. The van der Waals surface area contributed by atoms with Crippen molar-refractivity contribution in [3.05, 3.63) is 35.4 Å². The summed E-state index contributed by atoms with van der Waals surface area (Å²) in [6, 6.07) is 8.41. The van der Waals surface area contributed by atoms with Gasteiger partial charge in [0.05, 0.1) is 19.3 Å². The van der Waals surface area contributed by atoms with Gasteiger partial charge in [0, 0.05) is 26.8 Å². The normalized spacial score (nSPS) is 15.8. The molecule has 2 N–H and O–H groups in total. The molecule has 0 saturated heterocycles. The SMILES string of the molecule is CCNC(=NCc1ccc(COC)cc1)NCCCOC1CCCCC1. The average molecular weight is 362 g/mol. The lowest BCUT2D eigenvalue weighted by Gasteiger charge is -2.22. The molecule has 0 aromatic heterocycles. The van der Waals surface area contributed by atoms with E-state index < -0.39 is 0 Å². The van der Waals surface area contributed by atoms with E-state index in [1.54, 1.807) is 7.11 Å². The van der Waals surface area contributed by atoms with E-state index in [1.807, 2.05) is 0 Å². The predicted octanol–water partition coefficient (Wildman–Crippen LogP) is 3.63. The summed E-state index contributed by atoms with van der Waals surface area (Å²) >= 11 is 0. The lowest BCUT2D eigenvalue weighted by molar-refractivity contribution is 0.0277. The maximum atomic E-state index is 5.97. The Balaban J connectivity index is 1.68. The number of ether oxygens (including phenoxy) is 2. The van der Waals surface area contributed by atoms with Gasteiger partial charge < -0.3 is 20.1 Å². The van der Waals surface area contributed by atoms with Crippen LogP contribution >= 0.6 is 0 Å². The van der Waals surface area contributed by atoms with Crippen LogP contribution in [0, 0.1) is 0 Å². The molecule has 0 spiro atoms. The van der Waals surface area contributed by atoms with Gasteiger partial charge in [-0.1, -0.05) is 43.5 Å². The minimum Gasteiger partial charge on any atom is -0.380 e. The van der Waals surface area contributed by atoms with Crippen molar-refractivity contribution < 1.29 is 9.47 Å². The lowest BCUT2D eigenvalue weighted by Crippen LogP contribution is -2.38. The first-order valence-electron chi connectivity index (χ1n) is 10.0. The molecular weight excluding hydrogens is 326 g/mol. The summed E-state index contributed by atoms with van der Waals surface area (Å²) in [5, 5.41) is 6.70. The van der Waals surface area contributed by atoms with E-state index in [-0.39, 0.29) is 0 Å². The molecule has 2 rings (SSSR count). The molecule has 1 fully saturated rings. The Morgan fingerprint density at radius 3 is 2.50 bits per heavy atom. The number of nitrogens with zero attached hydrogens (tertiary/aromatic N) is 1. The molecule has 1 aliphatic carbocycles. The zero-order valence-electron chi connectivity index (χ0n) is 16.4. The number of methoxy groups -OCH3 is 1. The fraction of sp³-hybridized carbons (Fsp3) is 0.667. The van der Waals surface area contributed by atoms with Gasteiger partial charge in [-0.3, -0.25) is 0 Å². The molecule has 0 aliphatic heterocycles. The fourth-order valence-corrected chi connectivity index (χ4v) is 3.18. The molecule has 5 nitrogen and oxygen atoms in total. The molecular formula is C21H35N3O2. The van der Waals surface area contributed by atoms with Gasteiger partial charge in [0.25, 0.3) is 0 Å². The summed E-state index contributed by atoms with van der Waals surface area (Å²) in [5.41, 5.74) is 2.38. The van der Waals surface area contributed by atoms with Crippen molar-refractivity contribution in [3.63, 3.8) is 0 Å². The average Bonchev–Trinajstić information content (AvgIpc) is 2.68. The van der Waals surface area contributed by atoms with Gasteiger partial charge >= 0.3 is 0 Å². The van der Waals surface area contributed by atoms with Crippen LogP contribution in [0.5, 0.6) is 0 Å². The first-order valence-corrected chi connectivity index (χ1v) is 10.0. The monoisotopic (exact) mass is 361 g/mol. The van der Waals surface area contributed by atoms with Gasteiger partial charge in [-0.15, -0.1) is 0 Å². The van der Waals surface area contributed by atoms with Gasteiger partial charge in [0.1, 0.15) is 0 Å². The predicted molar refractivity (Wildman–Crippen MR) is 107 cm³/mol. The minimum absolute atomic E-state index is 0.492. The van der Waals surface area contributed by atoms with Crippen LogP contribution in [0.4, 0.5) is 0 Å². The van der Waals surface area contributed by atoms with Crippen molar-refractivity contribution in [2.75, 3.05) is 26.8 Å². The minimum atomic E-state index is 0.492. The zero-order valence-corrected chi connectivity index (χ0v) is 16.4. The number of hydrogen-bond donors (Lipinski definition) is 2. The molecule has 0 amide bonds. The number of nitrogens with one attached hydrogen (secondary N) is 2. The largest absolute Gasteiger partial charge is 0.380 e. The Bertz CT molecular complexity index is 510. The third-order valence-electron chi connectivity index (χ3n) is 4.62. The molecule has 1 aliphatic rings. The van der Waals surface area contributed by atoms with Crippen LogP contribution < -0.4 is 10.6 Å². The van der Waals surface area contributed by atoms with Crippen LogP contribution in [0.25, 0.3) is 0 Å². The van der Waals surface area contributed by atoms with Crippen LogP contribution in [0.3, 0.4) is 0 Å². The summed E-state index contributed by atoms with van der Waals surface area (Å²) in [4.78, 5) is 4.67. The van der Waals surface area contributed by atoms with Gasteiger partial charge in [-0.25, -0.2) is 4.99 Å². The van der Waals surface area contributed by atoms with Crippen molar-refractivity contribution in [2.24, 2.45) is 4.99 Å². The molecule has 1 saturated carbocycles. The molecule has 0 bridgehead atoms. The maximum Gasteiger partial charge on any atom is 0.191 e. The number of benzene rings is 1. The van der Waals surface area contributed by atoms with Gasteiger partial charge in [-0.2, -0.15) is 0 Å². The highest BCUT2D eigenvalue weighted by atomic mass is 16.5. The Kier molecular flexibility index (Phi) is 10.1. The molecule has 0 heterocycles. The van der Waals surface area contributed by atoms with E-state index in [9.17, 15) is 0 Å². The van der Waals surface area contributed by atoms with Crippen molar-refractivity contribution in [3.8, 4) is 0 Å². The van der Waals surface area contributed by atoms with E-state index in [2.05, 4.69) is 46.8 Å². The first kappa shape index (κ1) is 20.7. The van der Waals surface area contributed by atoms with Crippen LogP contribution in [-0.2, 0) is 22.6 Å². The summed E-state index contributed by atoms with van der Waals surface area (Å²) < 4.78 is 11.1. The fourth-order valence-electron chi connectivity index (χ4n) is 3.18. The van der Waals surface area contributed by atoms with Crippen molar-refractivity contribution in [1.29, 1.82) is 0 Å². The number of rotatable bonds is 10. The standard InChI is InChI=1S/C21H35N3O2/c1-3-22-21(23-14-7-15-26-20-8-5-4-6-9-20)24-16-18-10-12-19(13-11-18)17-25-2/h10-13,20H,3-9,14-17H2,1-2H3,(H2,22,23,24). The smallest absolute Gasteiger partial charge is 0.191 e. The third kappa shape index (κ3) is 8.19. The Morgan fingerprint density at radius 1 is 1.08 bits per heavy atom. The van der Waals surface area contributed by atoms with Crippen molar-refractivity contribution >= 4 is 5.96 Å². The summed E-state index contributed by atoms with van der Waals surface area (Å²) in [6.07, 6.45) is 8.00. The highest BCUT2D eigenvalue weighted by molar-refractivity contribution is 5.79. The van der Waals surface area contributed by atoms with Gasteiger partial charge in [0.2, 0.25) is 0 Å². The van der Waals surface area contributed by atoms with E-state index in [0.717, 1.165) is 32.1 Å². The van der Waals surface area contributed by atoms with Crippen molar-refractivity contribution in [2.45, 2.75) is 64.7 Å². The second-order valence-corrected chi connectivity index (χ2v) is 6.86. The molecule has 26 heavy (non-hydrogen) atoms. The zero-order chi connectivity index (χ0) is 18.5. The highest BCUT2D eigenvalue weighted by Gasteiger charge is 2.12. The van der Waals surface area contributed by atoms with E-state index >= 15 is 0 Å². The van der Waals surface area contributed by atoms with Gasteiger partial charge in [-0.05, 0) is 37.3 Å². The molecule has 1 aromatic carbocycles. The van der Waals surface area contributed by atoms with Crippen molar-refractivity contribution in [1.82, 2.24) is 10.6 Å². The molecule has 0 atom stereocenters. The number of hydrogen-bond acceptors (Lipinski definition) is 3. The Labute approximate surface area is 158 Å². The molecule has 0 unspecified atom stereocenters. The summed E-state index contributed by atoms with van der Waals surface area (Å²) in [7, 11) is 1.72. The van der Waals surface area contributed by atoms with E-state index in [4.69, 9.17) is 9.47 Å². The van der Waals surface area contributed by atoms with Crippen LogP contribution in [0.15, 0.2) is 29.3 Å². The van der Waals surface area contributed by atoms with E-state index in [0.29, 0.717) is 19.3 Å². The highest BCUT2D eigenvalue weighted by Crippen LogP contribution is 2.20. The van der Waals surface area contributed by atoms with Crippen LogP contribution in [-0.4, -0.2) is 38.9 Å². The lowest BCUT2D eigenvalue weighted by atomic mass is 9.98. The van der Waals surface area contributed by atoms with E-state index in [1.165, 1.54) is 43.2 Å². The summed E-state index contributed by atoms with van der Waals surface area (Å²) in [5.74, 6) is 0.867. The van der Waals surface area contributed by atoms with Crippen LogP contribution in [0.2, 0.25) is 0 Å². The molecule has 1 aromatic rings. The first-order chi connectivity index (χ1) is 12.8. The van der Waals surface area contributed by atoms with Crippen LogP contribution in [0.1, 0.15) is 56.6 Å². The maximum absolute atomic E-state index is 5.97. The topological polar surface area (TPSA) is 54.9 Å². The number of aliphatic imine (C=N–C) groups is 1. The quantitative estimate of drug-likeness (QED) is 0.380.